The molecule has 0 aliphatic heterocycles. The van der Waals surface area contributed by atoms with E-state index in [0.717, 1.165) is 0 Å². The van der Waals surface area contributed by atoms with Crippen molar-refractivity contribution in [2.24, 2.45) is 0 Å². The predicted octanol–water partition coefficient (Wildman–Crippen LogP) is 1.18. The topological polar surface area (TPSA) is 90.7 Å². The van der Waals surface area contributed by atoms with Gasteiger partial charge in [-0.15, -0.1) is 0 Å². The summed E-state index contributed by atoms with van der Waals surface area (Å²) in [5.41, 5.74) is 0.170. The van der Waals surface area contributed by atoms with Gasteiger partial charge in [0.25, 0.3) is 5.91 Å². The minimum absolute atomic E-state index is 0.00709. The zero-order valence-corrected chi connectivity index (χ0v) is 9.81. The van der Waals surface area contributed by atoms with Crippen LogP contribution < -0.4 is 5.48 Å². The standard InChI is InChI=1S/C10H10F2N2O5/c1-18-2-3-19-13-10(15)6-4-9(14(16)17)8(12)5-7(6)11/h4-5H,2-3H2,1H3,(H,13,15). The van der Waals surface area contributed by atoms with Crippen molar-refractivity contribution >= 4 is 11.6 Å². The molecule has 1 aromatic rings. The van der Waals surface area contributed by atoms with Gasteiger partial charge in [0, 0.05) is 19.2 Å². The van der Waals surface area contributed by atoms with Crippen LogP contribution in [0.3, 0.4) is 0 Å². The average Bonchev–Trinajstić information content (AvgIpc) is 2.34. The van der Waals surface area contributed by atoms with Gasteiger partial charge in [0.05, 0.1) is 23.7 Å². The van der Waals surface area contributed by atoms with Crippen molar-refractivity contribution in [3.8, 4) is 0 Å². The monoisotopic (exact) mass is 276 g/mol. The maximum absolute atomic E-state index is 13.3. The molecule has 1 aromatic carbocycles. The van der Waals surface area contributed by atoms with Crippen molar-refractivity contribution in [2.75, 3.05) is 20.3 Å². The summed E-state index contributed by atoms with van der Waals surface area (Å²) in [6.07, 6.45) is 0. The molecule has 0 saturated carbocycles. The molecule has 0 atom stereocenters. The van der Waals surface area contributed by atoms with Gasteiger partial charge in [-0.25, -0.2) is 9.87 Å². The van der Waals surface area contributed by atoms with Gasteiger partial charge in [0.15, 0.2) is 0 Å². The van der Waals surface area contributed by atoms with Crippen molar-refractivity contribution in [3.05, 3.63) is 39.4 Å². The van der Waals surface area contributed by atoms with E-state index in [-0.39, 0.29) is 19.3 Å². The van der Waals surface area contributed by atoms with Crippen molar-refractivity contribution in [3.63, 3.8) is 0 Å². The Kier molecular flexibility index (Phi) is 5.27. The molecule has 104 valence electrons. The fourth-order valence-electron chi connectivity index (χ4n) is 1.15. The number of carbonyl (C=O) groups is 1. The molecule has 1 rings (SSSR count). The number of rotatable bonds is 6. The summed E-state index contributed by atoms with van der Waals surface area (Å²) >= 11 is 0. The Balaban J connectivity index is 2.84. The number of nitrogens with one attached hydrogen (secondary N) is 1. The van der Waals surface area contributed by atoms with Crippen molar-refractivity contribution in [1.82, 2.24) is 5.48 Å². The molecule has 0 heterocycles. The van der Waals surface area contributed by atoms with Crippen molar-refractivity contribution < 1.29 is 28.1 Å². The maximum Gasteiger partial charge on any atom is 0.305 e. The second-order valence-corrected chi connectivity index (χ2v) is 3.31. The lowest BCUT2D eigenvalue weighted by Gasteiger charge is -2.06. The number of amides is 1. The van der Waals surface area contributed by atoms with Crippen molar-refractivity contribution in [2.45, 2.75) is 0 Å². The van der Waals surface area contributed by atoms with E-state index in [9.17, 15) is 23.7 Å². The van der Waals surface area contributed by atoms with Crippen LogP contribution in [0.4, 0.5) is 14.5 Å². The van der Waals surface area contributed by atoms with Gasteiger partial charge in [-0.3, -0.25) is 19.7 Å². The first kappa shape index (κ1) is 14.9. The zero-order chi connectivity index (χ0) is 14.4. The molecule has 19 heavy (non-hydrogen) atoms. The first-order chi connectivity index (χ1) is 8.97. The molecule has 7 nitrogen and oxygen atoms in total. The number of halogens is 2. The third kappa shape index (κ3) is 3.93. The molecule has 1 N–H and O–H groups in total. The lowest BCUT2D eigenvalue weighted by Crippen LogP contribution is -2.26. The van der Waals surface area contributed by atoms with E-state index in [1.54, 1.807) is 0 Å². The summed E-state index contributed by atoms with van der Waals surface area (Å²) in [7, 11) is 1.41. The van der Waals surface area contributed by atoms with Crippen LogP contribution in [0.15, 0.2) is 12.1 Å². The highest BCUT2D eigenvalue weighted by molar-refractivity contribution is 5.94. The number of hydrogen-bond acceptors (Lipinski definition) is 5. The van der Waals surface area contributed by atoms with Crippen LogP contribution in [0.2, 0.25) is 0 Å². The maximum atomic E-state index is 13.3. The number of methoxy groups -OCH3 is 1. The van der Waals surface area contributed by atoms with Crippen LogP contribution in [0.25, 0.3) is 0 Å². The van der Waals surface area contributed by atoms with Gasteiger partial charge in [-0.05, 0) is 0 Å². The number of nitrogens with zero attached hydrogens (tertiary/aromatic N) is 1. The number of ether oxygens (including phenoxy) is 1. The summed E-state index contributed by atoms with van der Waals surface area (Å²) in [5.74, 6) is -3.65. The average molecular weight is 276 g/mol. The van der Waals surface area contributed by atoms with Crippen LogP contribution in [0.5, 0.6) is 0 Å². The van der Waals surface area contributed by atoms with E-state index in [2.05, 4.69) is 9.57 Å². The lowest BCUT2D eigenvalue weighted by molar-refractivity contribution is -0.387. The normalized spacial score (nSPS) is 10.3. The number of nitro benzene ring substituents is 1. The molecule has 0 saturated heterocycles. The smallest absolute Gasteiger partial charge is 0.305 e. The number of carbonyl (C=O) groups excluding carboxylic acids is 1. The molecule has 0 unspecified atom stereocenters. The minimum Gasteiger partial charge on any atom is -0.382 e. The van der Waals surface area contributed by atoms with E-state index in [1.807, 2.05) is 5.48 Å². The van der Waals surface area contributed by atoms with Gasteiger partial charge < -0.3 is 4.74 Å². The van der Waals surface area contributed by atoms with Gasteiger partial charge >= 0.3 is 5.69 Å². The van der Waals surface area contributed by atoms with E-state index in [0.29, 0.717) is 6.07 Å². The van der Waals surface area contributed by atoms with E-state index in [1.165, 1.54) is 7.11 Å². The quantitative estimate of drug-likeness (QED) is 0.478. The molecule has 0 spiro atoms. The molecule has 0 bridgehead atoms. The fourth-order valence-corrected chi connectivity index (χ4v) is 1.15. The SMILES string of the molecule is COCCONC(=O)c1cc([N+](=O)[O-])c(F)cc1F. The molecule has 0 aliphatic carbocycles. The molecule has 0 aliphatic rings. The summed E-state index contributed by atoms with van der Waals surface area (Å²) in [4.78, 5) is 25.5. The highest BCUT2D eigenvalue weighted by atomic mass is 19.1. The summed E-state index contributed by atoms with van der Waals surface area (Å²) in [5, 5.41) is 10.5. The Labute approximate surface area is 106 Å². The van der Waals surface area contributed by atoms with E-state index in [4.69, 9.17) is 0 Å². The molecule has 0 radical (unpaired) electrons. The first-order valence-electron chi connectivity index (χ1n) is 5.02. The summed E-state index contributed by atoms with van der Waals surface area (Å²) < 4.78 is 31.0. The second-order valence-electron chi connectivity index (χ2n) is 3.31. The minimum atomic E-state index is -1.36. The van der Waals surface area contributed by atoms with Gasteiger partial charge in [0.1, 0.15) is 5.82 Å². The van der Waals surface area contributed by atoms with Crippen LogP contribution in [0, 0.1) is 21.7 Å². The number of nitro groups is 1. The third-order valence-corrected chi connectivity index (χ3v) is 2.03. The Hall–Kier alpha value is -2.13. The number of hydrogen-bond donors (Lipinski definition) is 1. The van der Waals surface area contributed by atoms with E-state index < -0.39 is 33.7 Å². The largest absolute Gasteiger partial charge is 0.382 e. The van der Waals surface area contributed by atoms with Crippen LogP contribution in [-0.2, 0) is 9.57 Å². The number of hydroxylamine groups is 1. The summed E-state index contributed by atoms with van der Waals surface area (Å²) in [6, 6.07) is 0.766. The highest BCUT2D eigenvalue weighted by Gasteiger charge is 2.22. The Morgan fingerprint density at radius 3 is 2.63 bits per heavy atom. The number of benzene rings is 1. The van der Waals surface area contributed by atoms with Crippen LogP contribution >= 0.6 is 0 Å². The molecule has 0 fully saturated rings. The highest BCUT2D eigenvalue weighted by Crippen LogP contribution is 2.21. The molecule has 9 heteroatoms. The molecule has 1 amide bonds. The van der Waals surface area contributed by atoms with Gasteiger partial charge in [0.2, 0.25) is 5.82 Å². The van der Waals surface area contributed by atoms with Crippen LogP contribution in [0.1, 0.15) is 10.4 Å². The fraction of sp³-hybridized carbons (Fsp3) is 0.300. The second kappa shape index (κ2) is 6.71. The Morgan fingerprint density at radius 2 is 2.05 bits per heavy atom. The lowest BCUT2D eigenvalue weighted by atomic mass is 10.1. The first-order valence-corrected chi connectivity index (χ1v) is 5.02. The molecular weight excluding hydrogens is 266 g/mol. The van der Waals surface area contributed by atoms with Gasteiger partial charge in [-0.1, -0.05) is 0 Å². The molecule has 0 aromatic heterocycles. The summed E-state index contributed by atoms with van der Waals surface area (Å²) in [6.45, 7) is 0.194. The zero-order valence-electron chi connectivity index (χ0n) is 9.81. The predicted molar refractivity (Wildman–Crippen MR) is 58.3 cm³/mol. The van der Waals surface area contributed by atoms with Gasteiger partial charge in [-0.2, -0.15) is 4.39 Å². The Bertz CT molecular complexity index is 495. The van der Waals surface area contributed by atoms with E-state index >= 15 is 0 Å². The molecular formula is C10H10F2N2O5. The third-order valence-electron chi connectivity index (χ3n) is 2.03. The van der Waals surface area contributed by atoms with Crippen LogP contribution in [-0.4, -0.2) is 31.2 Å². The van der Waals surface area contributed by atoms with Crippen molar-refractivity contribution in [1.29, 1.82) is 0 Å². The Morgan fingerprint density at radius 1 is 1.37 bits per heavy atom.